The molecular formula is C31H36Cl2N2O6. The normalized spacial score (nSPS) is 20.2. The van der Waals surface area contributed by atoms with Crippen molar-refractivity contribution in [2.75, 3.05) is 20.3 Å². The van der Waals surface area contributed by atoms with E-state index in [1.165, 1.54) is 22.3 Å². The third-order valence-electron chi connectivity index (χ3n) is 8.51. The molecule has 0 spiro atoms. The monoisotopic (exact) mass is 602 g/mol. The average Bonchev–Trinajstić information content (AvgIpc) is 3.54. The fraction of sp³-hybridized carbons (Fsp3) is 0.452. The van der Waals surface area contributed by atoms with Crippen molar-refractivity contribution >= 4 is 29.2 Å². The predicted molar refractivity (Wildman–Crippen MR) is 157 cm³/mol. The summed E-state index contributed by atoms with van der Waals surface area (Å²) in [6.07, 6.45) is 5.04. The first-order chi connectivity index (χ1) is 19.7. The molecule has 3 N–H and O–H groups in total. The summed E-state index contributed by atoms with van der Waals surface area (Å²) >= 11 is 12.9. The largest absolute Gasteiger partial charge is 0.494 e. The lowest BCUT2D eigenvalue weighted by Gasteiger charge is -2.35. The van der Waals surface area contributed by atoms with Crippen LogP contribution >= 0.6 is 23.2 Å². The molecule has 0 bridgehead atoms. The van der Waals surface area contributed by atoms with Gasteiger partial charge in [-0.3, -0.25) is 14.3 Å². The van der Waals surface area contributed by atoms with Crippen molar-refractivity contribution in [3.05, 3.63) is 69.2 Å². The first kappa shape index (κ1) is 29.4. The van der Waals surface area contributed by atoms with E-state index in [4.69, 9.17) is 32.7 Å². The van der Waals surface area contributed by atoms with Gasteiger partial charge in [-0.15, -0.1) is 0 Å². The number of methoxy groups -OCH3 is 1. The maximum absolute atomic E-state index is 11.5. The van der Waals surface area contributed by atoms with Crippen molar-refractivity contribution in [2.45, 2.75) is 57.7 Å². The Morgan fingerprint density at radius 1 is 1.00 bits per heavy atom. The van der Waals surface area contributed by atoms with Gasteiger partial charge in [-0.2, -0.15) is 0 Å². The molecule has 0 aliphatic heterocycles. The Labute approximate surface area is 250 Å². The van der Waals surface area contributed by atoms with Crippen LogP contribution in [0.15, 0.2) is 42.5 Å². The van der Waals surface area contributed by atoms with E-state index in [2.05, 4.69) is 11.0 Å². The topological polar surface area (TPSA) is 104 Å². The molecule has 1 heterocycles. The number of fused-ring (bicyclic) bond motifs is 1. The number of nitrogens with zero attached hydrogens (tertiary/aromatic N) is 2. The molecule has 2 aliphatic rings. The molecule has 2 aromatic carbocycles. The van der Waals surface area contributed by atoms with E-state index in [0.29, 0.717) is 34.0 Å². The Bertz CT molecular complexity index is 1370. The van der Waals surface area contributed by atoms with Crippen LogP contribution in [0.5, 0.6) is 23.3 Å². The molecule has 1 atom stereocenters. The van der Waals surface area contributed by atoms with Crippen LogP contribution in [0.4, 0.5) is 0 Å². The summed E-state index contributed by atoms with van der Waals surface area (Å²) < 4.78 is 13.0. The van der Waals surface area contributed by atoms with Crippen molar-refractivity contribution in [3.8, 4) is 23.3 Å². The lowest BCUT2D eigenvalue weighted by atomic mass is 9.81. The zero-order chi connectivity index (χ0) is 29.1. The van der Waals surface area contributed by atoms with E-state index in [1.54, 1.807) is 7.11 Å². The summed E-state index contributed by atoms with van der Waals surface area (Å²) in [6, 6.07) is 12.9. The Morgan fingerprint density at radius 3 is 2.41 bits per heavy atom. The summed E-state index contributed by atoms with van der Waals surface area (Å²) in [7, 11) is 1.60. The fourth-order valence-electron chi connectivity index (χ4n) is 6.30. The molecule has 0 radical (unpaired) electrons. The van der Waals surface area contributed by atoms with E-state index >= 15 is 0 Å². The Balaban J connectivity index is 1.33. The van der Waals surface area contributed by atoms with Crippen molar-refractivity contribution < 1.29 is 29.6 Å². The number of hydrogen-bond donors (Lipinski definition) is 3. The zero-order valence-electron chi connectivity index (χ0n) is 23.1. The molecule has 0 saturated heterocycles. The van der Waals surface area contributed by atoms with Crippen LogP contribution in [0.3, 0.4) is 0 Å². The Kier molecular flexibility index (Phi) is 9.22. The lowest BCUT2D eigenvalue weighted by Crippen LogP contribution is -2.34. The molecule has 220 valence electrons. The van der Waals surface area contributed by atoms with Crippen LogP contribution in [0.25, 0.3) is 0 Å². The van der Waals surface area contributed by atoms with Gasteiger partial charge in [0, 0.05) is 31.3 Å². The summed E-state index contributed by atoms with van der Waals surface area (Å²) in [4.78, 5) is 14.0. The van der Waals surface area contributed by atoms with E-state index < -0.39 is 5.97 Å². The first-order valence-electron chi connectivity index (χ1n) is 14.1. The smallest absolute Gasteiger partial charge is 0.306 e. The summed E-state index contributed by atoms with van der Waals surface area (Å²) in [5, 5.41) is 30.4. The van der Waals surface area contributed by atoms with E-state index in [0.717, 1.165) is 56.2 Å². The molecule has 5 rings (SSSR count). The van der Waals surface area contributed by atoms with Crippen molar-refractivity contribution in [3.63, 3.8) is 0 Å². The Morgan fingerprint density at radius 2 is 1.73 bits per heavy atom. The molecular weight excluding hydrogens is 567 g/mol. The second-order valence-corrected chi connectivity index (χ2v) is 11.8. The second kappa shape index (κ2) is 12.8. The maximum atomic E-state index is 11.5. The van der Waals surface area contributed by atoms with Crippen molar-refractivity contribution in [2.24, 2.45) is 11.8 Å². The molecule has 1 aromatic heterocycles. The van der Waals surface area contributed by atoms with Crippen LogP contribution < -0.4 is 9.47 Å². The molecule has 41 heavy (non-hydrogen) atoms. The molecule has 0 amide bonds. The predicted octanol–water partition coefficient (Wildman–Crippen LogP) is 6.67. The molecule has 8 nitrogen and oxygen atoms in total. The van der Waals surface area contributed by atoms with Crippen LogP contribution in [-0.4, -0.2) is 51.0 Å². The average molecular weight is 604 g/mol. The molecule has 2 aliphatic carbocycles. The Hall–Kier alpha value is -3.07. The summed E-state index contributed by atoms with van der Waals surface area (Å²) in [5.41, 5.74) is 3.40. The van der Waals surface area contributed by atoms with Crippen molar-refractivity contribution in [1.29, 1.82) is 0 Å². The third kappa shape index (κ3) is 6.55. The number of benzene rings is 2. The van der Waals surface area contributed by atoms with Gasteiger partial charge in [-0.05, 0) is 79.3 Å². The highest BCUT2D eigenvalue weighted by molar-refractivity contribution is 6.42. The first-order valence-corrected chi connectivity index (χ1v) is 14.8. The molecule has 10 heteroatoms. The number of halogens is 2. The minimum atomic E-state index is -0.687. The quantitative estimate of drug-likeness (QED) is 0.225. The molecule has 1 saturated carbocycles. The molecule has 1 fully saturated rings. The van der Waals surface area contributed by atoms with Gasteiger partial charge < -0.3 is 24.8 Å². The van der Waals surface area contributed by atoms with Gasteiger partial charge >= 0.3 is 5.97 Å². The van der Waals surface area contributed by atoms with Crippen molar-refractivity contribution in [1.82, 2.24) is 9.47 Å². The van der Waals surface area contributed by atoms with E-state index in [9.17, 15) is 20.1 Å². The number of aliphatic carboxylic acids is 1. The van der Waals surface area contributed by atoms with Gasteiger partial charge in [0.05, 0.1) is 29.6 Å². The lowest BCUT2D eigenvalue weighted by molar-refractivity contribution is -0.143. The highest BCUT2D eigenvalue weighted by atomic mass is 35.5. The second-order valence-electron chi connectivity index (χ2n) is 11.0. The van der Waals surface area contributed by atoms with Crippen LogP contribution in [0.2, 0.25) is 10.0 Å². The van der Waals surface area contributed by atoms with Crippen LogP contribution in [0, 0.1) is 11.8 Å². The summed E-state index contributed by atoms with van der Waals surface area (Å²) in [5.74, 6) is 0.621. The molecule has 3 aromatic rings. The van der Waals surface area contributed by atoms with Gasteiger partial charge in [0.15, 0.2) is 23.3 Å². The zero-order valence-corrected chi connectivity index (χ0v) is 24.6. The number of aromatic hydroxyl groups is 2. The highest BCUT2D eigenvalue weighted by Gasteiger charge is 2.33. The SMILES string of the molecule is COc1cc(CN(CC2CCC(C(=O)O)CC2)C2CCc3c2ccc(Cl)c3Cl)ccc1OCCn1c(O)ccc1O. The number of aromatic nitrogens is 1. The van der Waals surface area contributed by atoms with E-state index in [1.807, 2.05) is 24.3 Å². The number of rotatable bonds is 11. The maximum Gasteiger partial charge on any atom is 0.306 e. The van der Waals surface area contributed by atoms with Crippen LogP contribution in [-0.2, 0) is 24.3 Å². The number of hydrogen-bond acceptors (Lipinski definition) is 6. The number of ether oxygens (including phenoxy) is 2. The van der Waals surface area contributed by atoms with Gasteiger partial charge in [0.25, 0.3) is 0 Å². The van der Waals surface area contributed by atoms with Gasteiger partial charge in [0.1, 0.15) is 6.61 Å². The number of carboxylic acid groups (broad SMARTS) is 1. The highest BCUT2D eigenvalue weighted by Crippen LogP contribution is 2.43. The number of carboxylic acids is 1. The fourth-order valence-corrected chi connectivity index (χ4v) is 6.75. The van der Waals surface area contributed by atoms with Gasteiger partial charge in [0.2, 0.25) is 0 Å². The minimum absolute atomic E-state index is 0.0259. The minimum Gasteiger partial charge on any atom is -0.494 e. The number of carbonyl (C=O) groups is 1. The summed E-state index contributed by atoms with van der Waals surface area (Å²) in [6.45, 7) is 2.06. The third-order valence-corrected chi connectivity index (χ3v) is 9.35. The van der Waals surface area contributed by atoms with Gasteiger partial charge in [-0.1, -0.05) is 35.3 Å². The van der Waals surface area contributed by atoms with Gasteiger partial charge in [-0.25, -0.2) is 0 Å². The molecule has 1 unspecified atom stereocenters. The standard InChI is InChI=1S/C31H36Cl2N2O6/c1-40-27-16-20(4-11-26(27)41-15-14-35-28(36)12-13-29(35)37)18-34(17-19-2-5-21(6-3-19)31(38)39)25-10-8-23-22(25)7-9-24(32)30(23)33/h4,7,9,11-13,16,19,21,25,36-37H,2-3,5-6,8,10,14-15,17-18H2,1H3,(H,38,39). The van der Waals surface area contributed by atoms with E-state index in [-0.39, 0.29) is 36.9 Å². The van der Waals surface area contributed by atoms with Crippen LogP contribution in [0.1, 0.15) is 54.8 Å².